The molecule has 0 unspecified atom stereocenters. The van der Waals surface area contributed by atoms with Gasteiger partial charge in [-0.1, -0.05) is 50.2 Å². The van der Waals surface area contributed by atoms with Crippen molar-refractivity contribution in [2.24, 2.45) is 5.92 Å². The number of carbonyl (C=O) groups is 2. The van der Waals surface area contributed by atoms with Crippen molar-refractivity contribution in [3.63, 3.8) is 0 Å². The van der Waals surface area contributed by atoms with E-state index in [4.69, 9.17) is 4.74 Å². The first kappa shape index (κ1) is 20.5. The predicted octanol–water partition coefficient (Wildman–Crippen LogP) is 3.93. The molecule has 0 aromatic heterocycles. The molecule has 2 N–H and O–H groups in total. The highest BCUT2D eigenvalue weighted by Crippen LogP contribution is 2.16. The van der Waals surface area contributed by atoms with E-state index in [0.717, 1.165) is 11.3 Å². The Balaban J connectivity index is 1.87. The van der Waals surface area contributed by atoms with Crippen molar-refractivity contribution in [3.05, 3.63) is 60.2 Å². The first-order valence-corrected chi connectivity index (χ1v) is 9.29. The summed E-state index contributed by atoms with van der Waals surface area (Å²) in [5.74, 6) is 0.645. The van der Waals surface area contributed by atoms with E-state index in [9.17, 15) is 9.59 Å². The number of ether oxygens (including phenoxy) is 1. The molecule has 2 aromatic carbocycles. The molecule has 27 heavy (non-hydrogen) atoms. The Kier molecular flexibility index (Phi) is 7.86. The third-order valence-electron chi connectivity index (χ3n) is 4.08. The lowest BCUT2D eigenvalue weighted by Gasteiger charge is -2.20. The fraction of sp³-hybridized carbons (Fsp3) is 0.364. The summed E-state index contributed by atoms with van der Waals surface area (Å²) < 4.78 is 5.66. The quantitative estimate of drug-likeness (QED) is 0.705. The van der Waals surface area contributed by atoms with Crippen LogP contribution in [0, 0.1) is 12.8 Å². The molecule has 0 bridgehead atoms. The van der Waals surface area contributed by atoms with Gasteiger partial charge >= 0.3 is 0 Å². The molecule has 0 aliphatic heterocycles. The summed E-state index contributed by atoms with van der Waals surface area (Å²) in [7, 11) is 0. The standard InChI is InChI=1S/C22H28N2O3/c1-16(2)15-19(22(26)23-18-10-5-4-6-11-18)24-21(25)13-14-27-20-12-8-7-9-17(20)3/h4-12,16,19H,13-15H2,1-3H3,(H,23,26)(H,24,25)/t19-/m0/s1. The lowest BCUT2D eigenvalue weighted by atomic mass is 10.0. The first-order valence-electron chi connectivity index (χ1n) is 9.29. The molecular formula is C22H28N2O3. The lowest BCUT2D eigenvalue weighted by molar-refractivity contribution is -0.127. The summed E-state index contributed by atoms with van der Waals surface area (Å²) in [6.07, 6.45) is 0.768. The van der Waals surface area contributed by atoms with Gasteiger partial charge in [0.25, 0.3) is 0 Å². The topological polar surface area (TPSA) is 67.4 Å². The Morgan fingerprint density at radius 1 is 1.00 bits per heavy atom. The van der Waals surface area contributed by atoms with Crippen LogP contribution in [0.5, 0.6) is 5.75 Å². The van der Waals surface area contributed by atoms with Gasteiger partial charge in [-0.2, -0.15) is 0 Å². The average molecular weight is 368 g/mol. The zero-order valence-corrected chi connectivity index (χ0v) is 16.2. The van der Waals surface area contributed by atoms with E-state index < -0.39 is 6.04 Å². The fourth-order valence-corrected chi connectivity index (χ4v) is 2.69. The molecule has 0 heterocycles. The Bertz CT molecular complexity index is 744. The van der Waals surface area contributed by atoms with Crippen LogP contribution in [-0.4, -0.2) is 24.5 Å². The SMILES string of the molecule is Cc1ccccc1OCCC(=O)N[C@@H](CC(C)C)C(=O)Nc1ccccc1. The molecule has 144 valence electrons. The van der Waals surface area contributed by atoms with Crippen LogP contribution in [0.15, 0.2) is 54.6 Å². The minimum Gasteiger partial charge on any atom is -0.493 e. The van der Waals surface area contributed by atoms with Gasteiger partial charge in [0.2, 0.25) is 11.8 Å². The van der Waals surface area contributed by atoms with Crippen LogP contribution in [0.25, 0.3) is 0 Å². The van der Waals surface area contributed by atoms with Crippen molar-refractivity contribution >= 4 is 17.5 Å². The zero-order valence-electron chi connectivity index (χ0n) is 16.2. The van der Waals surface area contributed by atoms with Crippen molar-refractivity contribution in [1.29, 1.82) is 0 Å². The maximum absolute atomic E-state index is 12.6. The Morgan fingerprint density at radius 2 is 1.67 bits per heavy atom. The van der Waals surface area contributed by atoms with Crippen LogP contribution in [0.3, 0.4) is 0 Å². The number of carbonyl (C=O) groups excluding carboxylic acids is 2. The van der Waals surface area contributed by atoms with Crippen LogP contribution in [0.4, 0.5) is 5.69 Å². The van der Waals surface area contributed by atoms with Gasteiger partial charge in [-0.15, -0.1) is 0 Å². The predicted molar refractivity (Wildman–Crippen MR) is 108 cm³/mol. The van der Waals surface area contributed by atoms with Gasteiger partial charge in [-0.25, -0.2) is 0 Å². The second kappa shape index (κ2) is 10.4. The largest absolute Gasteiger partial charge is 0.493 e. The van der Waals surface area contributed by atoms with Gasteiger partial charge in [0.15, 0.2) is 0 Å². The van der Waals surface area contributed by atoms with E-state index in [0.29, 0.717) is 12.1 Å². The first-order chi connectivity index (χ1) is 13.0. The maximum Gasteiger partial charge on any atom is 0.246 e. The smallest absolute Gasteiger partial charge is 0.246 e. The van der Waals surface area contributed by atoms with Crippen LogP contribution in [-0.2, 0) is 9.59 Å². The summed E-state index contributed by atoms with van der Waals surface area (Å²) in [5, 5.41) is 5.70. The summed E-state index contributed by atoms with van der Waals surface area (Å²) >= 11 is 0. The highest BCUT2D eigenvalue weighted by Gasteiger charge is 2.22. The van der Waals surface area contributed by atoms with E-state index >= 15 is 0 Å². The number of anilines is 1. The van der Waals surface area contributed by atoms with E-state index in [-0.39, 0.29) is 30.8 Å². The number of nitrogens with one attached hydrogen (secondary N) is 2. The van der Waals surface area contributed by atoms with Gasteiger partial charge < -0.3 is 15.4 Å². The second-order valence-corrected chi connectivity index (χ2v) is 6.97. The minimum atomic E-state index is -0.573. The number of hydrogen-bond donors (Lipinski definition) is 2. The monoisotopic (exact) mass is 368 g/mol. The van der Waals surface area contributed by atoms with Crippen molar-refractivity contribution < 1.29 is 14.3 Å². The van der Waals surface area contributed by atoms with Crippen molar-refractivity contribution in [1.82, 2.24) is 5.32 Å². The van der Waals surface area contributed by atoms with E-state index in [1.807, 2.05) is 75.4 Å². The molecule has 0 aliphatic carbocycles. The lowest BCUT2D eigenvalue weighted by Crippen LogP contribution is -2.44. The van der Waals surface area contributed by atoms with E-state index in [1.54, 1.807) is 0 Å². The number of hydrogen-bond acceptors (Lipinski definition) is 3. The van der Waals surface area contributed by atoms with E-state index in [2.05, 4.69) is 10.6 Å². The number of aryl methyl sites for hydroxylation is 1. The van der Waals surface area contributed by atoms with Crippen LogP contribution >= 0.6 is 0 Å². The third-order valence-corrected chi connectivity index (χ3v) is 4.08. The van der Waals surface area contributed by atoms with E-state index in [1.165, 1.54) is 0 Å². The van der Waals surface area contributed by atoms with Gasteiger partial charge in [-0.3, -0.25) is 9.59 Å². The zero-order chi connectivity index (χ0) is 19.6. The van der Waals surface area contributed by atoms with Crippen molar-refractivity contribution in [2.45, 2.75) is 39.7 Å². The summed E-state index contributed by atoms with van der Waals surface area (Å²) in [6, 6.07) is 16.3. The molecule has 2 aromatic rings. The Morgan fingerprint density at radius 3 is 2.33 bits per heavy atom. The van der Waals surface area contributed by atoms with Gasteiger partial charge in [0.05, 0.1) is 13.0 Å². The van der Waals surface area contributed by atoms with Crippen molar-refractivity contribution in [3.8, 4) is 5.75 Å². The molecule has 0 spiro atoms. The molecule has 0 saturated carbocycles. The number of benzene rings is 2. The molecule has 2 rings (SSSR count). The van der Waals surface area contributed by atoms with Gasteiger partial charge in [0.1, 0.15) is 11.8 Å². The molecule has 5 nitrogen and oxygen atoms in total. The third kappa shape index (κ3) is 7.13. The Labute approximate surface area is 161 Å². The second-order valence-electron chi connectivity index (χ2n) is 6.97. The number of rotatable bonds is 9. The van der Waals surface area contributed by atoms with Gasteiger partial charge in [0, 0.05) is 5.69 Å². The summed E-state index contributed by atoms with van der Waals surface area (Å²) in [4.78, 5) is 24.9. The molecule has 0 radical (unpaired) electrons. The van der Waals surface area contributed by atoms with Crippen LogP contribution < -0.4 is 15.4 Å². The molecule has 0 aliphatic rings. The normalized spacial score (nSPS) is 11.7. The molecule has 1 atom stereocenters. The highest BCUT2D eigenvalue weighted by molar-refractivity contribution is 5.97. The molecular weight excluding hydrogens is 340 g/mol. The fourth-order valence-electron chi connectivity index (χ4n) is 2.69. The maximum atomic E-state index is 12.6. The molecule has 0 fully saturated rings. The highest BCUT2D eigenvalue weighted by atomic mass is 16.5. The summed E-state index contributed by atoms with van der Waals surface area (Å²) in [5.41, 5.74) is 1.74. The number of para-hydroxylation sites is 2. The number of amides is 2. The van der Waals surface area contributed by atoms with Crippen LogP contribution in [0.2, 0.25) is 0 Å². The molecule has 0 saturated heterocycles. The van der Waals surface area contributed by atoms with Gasteiger partial charge in [-0.05, 0) is 43.0 Å². The molecule has 2 amide bonds. The Hall–Kier alpha value is -2.82. The van der Waals surface area contributed by atoms with Crippen LogP contribution in [0.1, 0.15) is 32.3 Å². The van der Waals surface area contributed by atoms with Crippen molar-refractivity contribution in [2.75, 3.05) is 11.9 Å². The summed E-state index contributed by atoms with van der Waals surface area (Å²) in [6.45, 7) is 6.28. The average Bonchev–Trinajstić information content (AvgIpc) is 2.63. The minimum absolute atomic E-state index is 0.196. The molecule has 5 heteroatoms.